The molecule has 0 aliphatic rings. The Balaban J connectivity index is 1.59. The van der Waals surface area contributed by atoms with Gasteiger partial charge in [0, 0.05) is 23.8 Å². The van der Waals surface area contributed by atoms with E-state index in [9.17, 15) is 0 Å². The number of ether oxygens (including phenoxy) is 1. The lowest BCUT2D eigenvalue weighted by Gasteiger charge is -2.12. The van der Waals surface area contributed by atoms with Gasteiger partial charge in [-0.25, -0.2) is 19.9 Å². The van der Waals surface area contributed by atoms with Gasteiger partial charge in [0.1, 0.15) is 17.9 Å². The smallest absolute Gasteiger partial charge is 0.227 e. The quantitative estimate of drug-likeness (QED) is 0.567. The Morgan fingerprint density at radius 1 is 0.769 bits per heavy atom. The first-order valence-corrected chi connectivity index (χ1v) is 8.02. The fraction of sp³-hybridized carbons (Fsp3) is 0.0526. The molecule has 2 heterocycles. The molecule has 0 spiro atoms. The van der Waals surface area contributed by atoms with Crippen LogP contribution in [0.25, 0.3) is 10.9 Å². The van der Waals surface area contributed by atoms with E-state index in [1.807, 2.05) is 42.5 Å². The molecule has 0 unspecified atom stereocenters. The number of nitrogens with zero attached hydrogens (tertiary/aromatic N) is 4. The molecule has 26 heavy (non-hydrogen) atoms. The number of hydrogen-bond donors (Lipinski definition) is 2. The van der Waals surface area contributed by atoms with Crippen molar-refractivity contribution in [2.45, 2.75) is 0 Å². The van der Waals surface area contributed by atoms with Crippen LogP contribution in [0.1, 0.15) is 0 Å². The van der Waals surface area contributed by atoms with Crippen molar-refractivity contribution < 1.29 is 4.74 Å². The number of methoxy groups -OCH3 is 1. The van der Waals surface area contributed by atoms with Gasteiger partial charge >= 0.3 is 0 Å². The molecule has 0 saturated carbocycles. The highest BCUT2D eigenvalue weighted by molar-refractivity contribution is 5.95. The Morgan fingerprint density at radius 2 is 1.50 bits per heavy atom. The van der Waals surface area contributed by atoms with E-state index in [2.05, 4.69) is 30.6 Å². The van der Waals surface area contributed by atoms with E-state index in [-0.39, 0.29) is 0 Å². The maximum atomic E-state index is 5.45. The van der Waals surface area contributed by atoms with E-state index in [1.165, 1.54) is 6.33 Å². The molecule has 0 radical (unpaired) electrons. The van der Waals surface area contributed by atoms with Crippen molar-refractivity contribution in [3.05, 3.63) is 67.3 Å². The average molecular weight is 344 g/mol. The van der Waals surface area contributed by atoms with Crippen LogP contribution >= 0.6 is 0 Å². The minimum absolute atomic E-state index is 0.555. The number of fused-ring (bicyclic) bond motifs is 1. The second kappa shape index (κ2) is 7.02. The third-order valence-corrected chi connectivity index (χ3v) is 3.81. The summed E-state index contributed by atoms with van der Waals surface area (Å²) in [7, 11) is 1.64. The van der Waals surface area contributed by atoms with Gasteiger partial charge in [-0.2, -0.15) is 0 Å². The number of nitrogens with one attached hydrogen (secondary N) is 2. The van der Waals surface area contributed by atoms with Gasteiger partial charge < -0.3 is 15.4 Å². The number of hydrogen-bond acceptors (Lipinski definition) is 7. The van der Waals surface area contributed by atoms with Crippen LogP contribution in [0.3, 0.4) is 0 Å². The maximum absolute atomic E-state index is 5.45. The lowest BCUT2D eigenvalue weighted by Crippen LogP contribution is -1.99. The number of rotatable bonds is 5. The number of aromatic nitrogens is 4. The Kier molecular flexibility index (Phi) is 4.26. The minimum atomic E-state index is 0.555. The Labute approximate surface area is 150 Å². The van der Waals surface area contributed by atoms with E-state index in [0.717, 1.165) is 28.0 Å². The molecule has 0 fully saturated rings. The fourth-order valence-corrected chi connectivity index (χ4v) is 2.61. The molecule has 0 aliphatic heterocycles. The first kappa shape index (κ1) is 15.8. The van der Waals surface area contributed by atoms with Gasteiger partial charge in [0.2, 0.25) is 5.95 Å². The molecule has 0 saturated heterocycles. The molecule has 7 heteroatoms. The van der Waals surface area contributed by atoms with Gasteiger partial charge in [0.05, 0.1) is 18.0 Å². The Bertz CT molecular complexity index is 1020. The number of benzene rings is 2. The zero-order chi connectivity index (χ0) is 17.8. The van der Waals surface area contributed by atoms with Crippen LogP contribution in [0.4, 0.5) is 23.1 Å². The van der Waals surface area contributed by atoms with Crippen LogP contribution in [0.2, 0.25) is 0 Å². The summed E-state index contributed by atoms with van der Waals surface area (Å²) in [6, 6.07) is 15.3. The van der Waals surface area contributed by atoms with E-state index < -0.39 is 0 Å². The van der Waals surface area contributed by atoms with Gasteiger partial charge in [-0.1, -0.05) is 6.07 Å². The monoisotopic (exact) mass is 344 g/mol. The third-order valence-electron chi connectivity index (χ3n) is 3.81. The highest BCUT2D eigenvalue weighted by Crippen LogP contribution is 2.31. The summed E-state index contributed by atoms with van der Waals surface area (Å²) in [6.07, 6.45) is 4.92. The second-order valence-electron chi connectivity index (χ2n) is 5.48. The molecule has 2 N–H and O–H groups in total. The molecular formula is C19H16N6O. The molecule has 2 aromatic heterocycles. The molecule has 0 aliphatic carbocycles. The zero-order valence-electron chi connectivity index (χ0n) is 14.0. The minimum Gasteiger partial charge on any atom is -0.496 e. The van der Waals surface area contributed by atoms with Gasteiger partial charge in [-0.05, 0) is 42.5 Å². The molecule has 7 nitrogen and oxygen atoms in total. The second-order valence-corrected chi connectivity index (χ2v) is 5.48. The highest BCUT2D eigenvalue weighted by Gasteiger charge is 2.09. The van der Waals surface area contributed by atoms with Crippen molar-refractivity contribution in [2.75, 3.05) is 17.7 Å². The van der Waals surface area contributed by atoms with Gasteiger partial charge in [-0.3, -0.25) is 0 Å². The molecule has 4 aromatic rings. The van der Waals surface area contributed by atoms with Gasteiger partial charge in [0.25, 0.3) is 0 Å². The zero-order valence-corrected chi connectivity index (χ0v) is 14.0. The molecule has 0 bridgehead atoms. The van der Waals surface area contributed by atoms with E-state index >= 15 is 0 Å². The highest BCUT2D eigenvalue weighted by atomic mass is 16.5. The van der Waals surface area contributed by atoms with Crippen LogP contribution in [-0.2, 0) is 0 Å². The first-order chi connectivity index (χ1) is 12.8. The summed E-state index contributed by atoms with van der Waals surface area (Å²) in [5.41, 5.74) is 2.61. The molecule has 4 rings (SSSR count). The molecular weight excluding hydrogens is 328 g/mol. The Hall–Kier alpha value is -3.74. The normalized spacial score (nSPS) is 10.5. The van der Waals surface area contributed by atoms with Crippen molar-refractivity contribution in [3.8, 4) is 5.75 Å². The predicted molar refractivity (Wildman–Crippen MR) is 101 cm³/mol. The first-order valence-electron chi connectivity index (χ1n) is 8.02. The summed E-state index contributed by atoms with van der Waals surface area (Å²) in [6.45, 7) is 0. The fourth-order valence-electron chi connectivity index (χ4n) is 2.61. The third kappa shape index (κ3) is 3.23. The van der Waals surface area contributed by atoms with Crippen LogP contribution in [0, 0.1) is 0 Å². The largest absolute Gasteiger partial charge is 0.496 e. The molecule has 0 atom stereocenters. The SMILES string of the molecule is COc1cccc2ncnc(Nc3ccc(Nc4ncccn4)cc3)c12. The summed E-state index contributed by atoms with van der Waals surface area (Å²) >= 11 is 0. The van der Waals surface area contributed by atoms with Crippen LogP contribution in [0.15, 0.2) is 67.3 Å². The average Bonchev–Trinajstić information content (AvgIpc) is 2.70. The van der Waals surface area contributed by atoms with Crippen LogP contribution in [0.5, 0.6) is 5.75 Å². The lowest BCUT2D eigenvalue weighted by atomic mass is 10.2. The summed E-state index contributed by atoms with van der Waals surface area (Å²) in [5.74, 6) is 1.98. The van der Waals surface area contributed by atoms with Crippen molar-refractivity contribution in [1.29, 1.82) is 0 Å². The van der Waals surface area contributed by atoms with E-state index in [0.29, 0.717) is 11.8 Å². The standard InChI is InChI=1S/C19H16N6O/c1-26-16-5-2-4-15-17(16)18(23-12-22-15)24-13-6-8-14(9-7-13)25-19-20-10-3-11-21-19/h2-12H,1H3,(H,20,21,25)(H,22,23,24). The van der Waals surface area contributed by atoms with Crippen molar-refractivity contribution in [1.82, 2.24) is 19.9 Å². The van der Waals surface area contributed by atoms with Crippen molar-refractivity contribution in [2.24, 2.45) is 0 Å². The van der Waals surface area contributed by atoms with Crippen molar-refractivity contribution in [3.63, 3.8) is 0 Å². The van der Waals surface area contributed by atoms with E-state index in [1.54, 1.807) is 25.6 Å². The molecule has 2 aromatic carbocycles. The topological polar surface area (TPSA) is 84.9 Å². The summed E-state index contributed by atoms with van der Waals surface area (Å²) in [5, 5.41) is 7.31. The summed E-state index contributed by atoms with van der Waals surface area (Å²) < 4.78 is 5.45. The van der Waals surface area contributed by atoms with Crippen molar-refractivity contribution >= 4 is 34.0 Å². The predicted octanol–water partition coefficient (Wildman–Crippen LogP) is 3.92. The van der Waals surface area contributed by atoms with Crippen LogP contribution < -0.4 is 15.4 Å². The van der Waals surface area contributed by atoms with Gasteiger partial charge in [-0.15, -0.1) is 0 Å². The number of anilines is 4. The Morgan fingerprint density at radius 3 is 2.23 bits per heavy atom. The maximum Gasteiger partial charge on any atom is 0.227 e. The lowest BCUT2D eigenvalue weighted by molar-refractivity contribution is 0.420. The molecule has 128 valence electrons. The van der Waals surface area contributed by atoms with Crippen LogP contribution in [-0.4, -0.2) is 27.0 Å². The summed E-state index contributed by atoms with van der Waals surface area (Å²) in [4.78, 5) is 17.0. The van der Waals surface area contributed by atoms with Gasteiger partial charge in [0.15, 0.2) is 0 Å². The molecule has 0 amide bonds. The van der Waals surface area contributed by atoms with E-state index in [4.69, 9.17) is 4.74 Å².